The molecule has 6 heteroatoms. The fraction of sp³-hybridized carbons (Fsp3) is 0.359. The Kier molecular flexibility index (Phi) is 10.3. The van der Waals surface area contributed by atoms with Gasteiger partial charge in [0.15, 0.2) is 16.8 Å². The third-order valence-electron chi connectivity index (χ3n) is 8.63. The molecule has 0 fully saturated rings. The fourth-order valence-corrected chi connectivity index (χ4v) is 6.85. The van der Waals surface area contributed by atoms with E-state index in [1.807, 2.05) is 12.1 Å². The zero-order valence-corrected chi connectivity index (χ0v) is 27.3. The first kappa shape index (κ1) is 31.1. The number of phenolic OH excluding ortho intramolecular Hbond substituents is 1. The molecule has 0 unspecified atom stereocenters. The number of ether oxygens (including phenoxy) is 1. The van der Waals surface area contributed by atoms with Gasteiger partial charge >= 0.3 is 0 Å². The van der Waals surface area contributed by atoms with Crippen molar-refractivity contribution in [2.75, 3.05) is 12.4 Å². The van der Waals surface area contributed by atoms with E-state index in [-0.39, 0.29) is 5.75 Å². The minimum atomic E-state index is 0.107. The van der Waals surface area contributed by atoms with Gasteiger partial charge in [-0.25, -0.2) is 15.0 Å². The van der Waals surface area contributed by atoms with Gasteiger partial charge < -0.3 is 9.84 Å². The molecule has 0 aliphatic heterocycles. The van der Waals surface area contributed by atoms with E-state index in [4.69, 9.17) is 19.7 Å². The minimum absolute atomic E-state index is 0.107. The lowest BCUT2D eigenvalue weighted by atomic mass is 9.92. The summed E-state index contributed by atoms with van der Waals surface area (Å²) in [6.07, 6.45) is 12.9. The molecule has 5 nitrogen and oxygen atoms in total. The van der Waals surface area contributed by atoms with Gasteiger partial charge in [-0.2, -0.15) is 0 Å². The zero-order chi connectivity index (χ0) is 31.0. The molecule has 0 radical (unpaired) electrons. The van der Waals surface area contributed by atoms with Gasteiger partial charge in [0.25, 0.3) is 0 Å². The largest absolute Gasteiger partial charge is 0.507 e. The maximum Gasteiger partial charge on any atom is 0.191 e. The summed E-state index contributed by atoms with van der Waals surface area (Å²) in [6.45, 7) is 5.00. The Morgan fingerprint density at radius 3 is 1.91 bits per heavy atom. The second-order valence-corrected chi connectivity index (χ2v) is 13.1. The van der Waals surface area contributed by atoms with Crippen molar-refractivity contribution in [2.24, 2.45) is 0 Å². The molecule has 0 aliphatic carbocycles. The van der Waals surface area contributed by atoms with E-state index >= 15 is 0 Å². The topological polar surface area (TPSA) is 68.1 Å². The molecule has 0 spiro atoms. The summed E-state index contributed by atoms with van der Waals surface area (Å²) < 4.78 is 5.99. The van der Waals surface area contributed by atoms with Crippen LogP contribution in [0.4, 0.5) is 0 Å². The highest BCUT2D eigenvalue weighted by Gasteiger charge is 2.18. The predicted octanol–water partition coefficient (Wildman–Crippen LogP) is 11.2. The van der Waals surface area contributed by atoms with Crippen molar-refractivity contribution >= 4 is 44.1 Å². The number of hydrogen-bond donors (Lipinski definition) is 1. The molecule has 232 valence electrons. The molecular weight excluding hydrogens is 575 g/mol. The number of nitrogens with zero attached hydrogens (tertiary/aromatic N) is 3. The third-order valence-corrected chi connectivity index (χ3v) is 9.36. The molecule has 0 saturated carbocycles. The lowest BCUT2D eigenvalue weighted by molar-refractivity contribution is 0.302. The Morgan fingerprint density at radius 2 is 1.22 bits per heavy atom. The Morgan fingerprint density at radius 1 is 0.622 bits per heavy atom. The van der Waals surface area contributed by atoms with Gasteiger partial charge in [0, 0.05) is 11.6 Å². The maximum absolute atomic E-state index is 11.1. The molecule has 1 N–H and O–H groups in total. The summed E-state index contributed by atoms with van der Waals surface area (Å²) in [7, 11) is 0. The van der Waals surface area contributed by atoms with Gasteiger partial charge in [-0.15, -0.1) is 0 Å². The van der Waals surface area contributed by atoms with Crippen molar-refractivity contribution in [1.29, 1.82) is 0 Å². The Bertz CT molecular complexity index is 1860. The normalized spacial score (nSPS) is 11.7. The van der Waals surface area contributed by atoms with Gasteiger partial charge in [-0.1, -0.05) is 132 Å². The average Bonchev–Trinajstić information content (AvgIpc) is 3.06. The molecular formula is C39H43N3O2S. The van der Waals surface area contributed by atoms with Crippen LogP contribution >= 0.6 is 11.8 Å². The van der Waals surface area contributed by atoms with Crippen LogP contribution in [-0.4, -0.2) is 32.4 Å². The average molecular weight is 618 g/mol. The summed E-state index contributed by atoms with van der Waals surface area (Å²) in [5.41, 5.74) is 1.53. The van der Waals surface area contributed by atoms with Crippen molar-refractivity contribution in [3.63, 3.8) is 0 Å². The van der Waals surface area contributed by atoms with Gasteiger partial charge in [-0.05, 0) is 62.7 Å². The second-order valence-electron chi connectivity index (χ2n) is 11.9. The Labute approximate surface area is 270 Å². The van der Waals surface area contributed by atoms with Crippen LogP contribution in [0.5, 0.6) is 11.5 Å². The number of aromatic nitrogens is 3. The summed E-state index contributed by atoms with van der Waals surface area (Å²) in [5, 5.41) is 19.0. The number of rotatable bonds is 16. The summed E-state index contributed by atoms with van der Waals surface area (Å²) in [5.74, 6) is 2.67. The number of thioether (sulfide) groups is 1. The molecule has 0 saturated heterocycles. The first-order valence-electron chi connectivity index (χ1n) is 16.7. The Hall–Kier alpha value is -3.90. The molecule has 0 bridgehead atoms. The highest BCUT2D eigenvalue weighted by Crippen LogP contribution is 2.39. The molecule has 0 aliphatic rings. The molecule has 45 heavy (non-hydrogen) atoms. The van der Waals surface area contributed by atoms with E-state index in [9.17, 15) is 5.11 Å². The van der Waals surface area contributed by atoms with Crippen LogP contribution in [-0.2, 0) is 0 Å². The van der Waals surface area contributed by atoms with Crippen molar-refractivity contribution in [3.05, 3.63) is 72.8 Å². The minimum Gasteiger partial charge on any atom is -0.507 e. The number of benzene rings is 5. The van der Waals surface area contributed by atoms with Crippen molar-refractivity contribution in [3.8, 4) is 34.3 Å². The number of unbranched alkanes of at least 4 members (excludes halogenated alkanes) is 9. The number of aromatic hydroxyl groups is 1. The smallest absolute Gasteiger partial charge is 0.191 e. The molecule has 6 aromatic rings. The van der Waals surface area contributed by atoms with Crippen LogP contribution in [0.15, 0.2) is 78.0 Å². The molecule has 1 heterocycles. The highest BCUT2D eigenvalue weighted by molar-refractivity contribution is 7.99. The Balaban J connectivity index is 1.18. The first-order valence-corrected chi connectivity index (χ1v) is 17.7. The van der Waals surface area contributed by atoms with Crippen LogP contribution < -0.4 is 4.74 Å². The van der Waals surface area contributed by atoms with E-state index in [1.54, 1.807) is 17.8 Å². The highest BCUT2D eigenvalue weighted by atomic mass is 32.2. The van der Waals surface area contributed by atoms with Crippen LogP contribution in [0.1, 0.15) is 78.1 Å². The van der Waals surface area contributed by atoms with Gasteiger partial charge in [0.1, 0.15) is 11.5 Å². The second kappa shape index (κ2) is 14.9. The van der Waals surface area contributed by atoms with Gasteiger partial charge in [-0.3, -0.25) is 0 Å². The van der Waals surface area contributed by atoms with Gasteiger partial charge in [0.05, 0.1) is 12.2 Å². The summed E-state index contributed by atoms with van der Waals surface area (Å²) in [4.78, 5) is 14.5. The lowest BCUT2D eigenvalue weighted by Crippen LogP contribution is -2.01. The fourth-order valence-electron chi connectivity index (χ4n) is 6.29. The van der Waals surface area contributed by atoms with E-state index < -0.39 is 0 Å². The number of hydrogen-bond acceptors (Lipinski definition) is 6. The van der Waals surface area contributed by atoms with Crippen molar-refractivity contribution < 1.29 is 9.84 Å². The molecule has 6 rings (SSSR count). The van der Waals surface area contributed by atoms with Crippen molar-refractivity contribution in [2.45, 2.75) is 83.2 Å². The van der Waals surface area contributed by atoms with Crippen LogP contribution in [0.3, 0.4) is 0 Å². The molecule has 0 atom stereocenters. The monoisotopic (exact) mass is 617 g/mol. The number of phenols is 1. The van der Waals surface area contributed by atoms with E-state index in [0.29, 0.717) is 34.7 Å². The summed E-state index contributed by atoms with van der Waals surface area (Å²) >= 11 is 1.57. The standard InChI is InChI=1S/C39H43N3O2S/c1-3-5-6-7-8-9-10-11-12-13-25-44-30-21-24-33(34(43)26-30)38-40-37(41-39(42-38)45-4-2)32-23-20-29-18-17-27-15-14-16-28-19-22-31(32)36(29)35(27)28/h14-24,26,43H,3-13,25H2,1-2H3. The summed E-state index contributed by atoms with van der Waals surface area (Å²) in [6, 6.07) is 24.8. The maximum atomic E-state index is 11.1. The van der Waals surface area contributed by atoms with E-state index in [0.717, 1.165) is 23.1 Å². The van der Waals surface area contributed by atoms with Crippen LogP contribution in [0.2, 0.25) is 0 Å². The SMILES string of the molecule is CCCCCCCCCCCCOc1ccc(-c2nc(SCC)nc(-c3ccc4ccc5cccc6ccc3c4c56)n2)c(O)c1. The van der Waals surface area contributed by atoms with Gasteiger partial charge in [0.2, 0.25) is 0 Å². The molecule has 1 aromatic heterocycles. The molecule has 0 amide bonds. The van der Waals surface area contributed by atoms with E-state index in [1.165, 1.54) is 84.7 Å². The van der Waals surface area contributed by atoms with Crippen LogP contribution in [0, 0.1) is 0 Å². The van der Waals surface area contributed by atoms with Crippen LogP contribution in [0.25, 0.3) is 55.1 Å². The van der Waals surface area contributed by atoms with Crippen molar-refractivity contribution in [1.82, 2.24) is 15.0 Å². The predicted molar refractivity (Wildman–Crippen MR) is 190 cm³/mol. The van der Waals surface area contributed by atoms with E-state index in [2.05, 4.69) is 68.4 Å². The first-order chi connectivity index (χ1) is 22.2. The third kappa shape index (κ3) is 7.17. The molecule has 5 aromatic carbocycles. The lowest BCUT2D eigenvalue weighted by Gasteiger charge is -2.14. The zero-order valence-electron chi connectivity index (χ0n) is 26.5. The quantitative estimate of drug-likeness (QED) is 0.0662.